The van der Waals surface area contributed by atoms with Gasteiger partial charge in [-0.2, -0.15) is 0 Å². The Morgan fingerprint density at radius 3 is 2.50 bits per heavy atom. The third-order valence-corrected chi connectivity index (χ3v) is 10.4. The van der Waals surface area contributed by atoms with Gasteiger partial charge in [-0.05, 0) is 31.5 Å². The lowest BCUT2D eigenvalue weighted by atomic mass is 10.1. The van der Waals surface area contributed by atoms with Crippen molar-refractivity contribution in [1.29, 1.82) is 0 Å². The van der Waals surface area contributed by atoms with Crippen molar-refractivity contribution in [1.82, 2.24) is 19.5 Å². The summed E-state index contributed by atoms with van der Waals surface area (Å²) in [6.45, 7) is 15.9. The monoisotopic (exact) mass is 396 g/mol. The molecule has 0 aliphatic heterocycles. The number of hydrogen-bond donors (Lipinski definition) is 0. The lowest BCUT2D eigenvalue weighted by Gasteiger charge is -2.41. The third-order valence-electron chi connectivity index (χ3n) is 5.64. The summed E-state index contributed by atoms with van der Waals surface area (Å²) in [7, 11) is -1.87. The minimum Gasteiger partial charge on any atom is -0.412 e. The molecule has 0 fully saturated rings. The molecule has 0 spiro atoms. The Kier molecular flexibility index (Phi) is 6.85. The summed E-state index contributed by atoms with van der Waals surface area (Å²) in [4.78, 5) is 12.9. The first kappa shape index (κ1) is 21.3. The van der Waals surface area contributed by atoms with Crippen LogP contribution in [0.1, 0.15) is 66.3 Å². The summed E-state index contributed by atoms with van der Waals surface area (Å²) < 4.78 is 8.92. The topological polar surface area (TPSA) is 52.8 Å². The van der Waals surface area contributed by atoms with Gasteiger partial charge in [0.25, 0.3) is 0 Å². The van der Waals surface area contributed by atoms with E-state index in [-0.39, 0.29) is 17.2 Å². The summed E-state index contributed by atoms with van der Waals surface area (Å²) in [5.41, 5.74) is 1.43. The predicted octanol–water partition coefficient (Wildman–Crippen LogP) is 6.01. The van der Waals surface area contributed by atoms with Crippen LogP contribution in [0.2, 0.25) is 23.3 Å². The molecule has 2 rings (SSSR count). The van der Waals surface area contributed by atoms with Crippen molar-refractivity contribution in [2.24, 2.45) is 0 Å². The zero-order valence-electron chi connectivity index (χ0n) is 17.2. The Balaban J connectivity index is 2.32. The summed E-state index contributed by atoms with van der Waals surface area (Å²) >= 11 is 6.17. The van der Waals surface area contributed by atoms with Gasteiger partial charge in [0.05, 0.1) is 18.5 Å². The van der Waals surface area contributed by atoms with E-state index < -0.39 is 8.32 Å². The van der Waals surface area contributed by atoms with Gasteiger partial charge in [0.15, 0.2) is 19.1 Å². The molecule has 2 heterocycles. The standard InChI is InChI=1S/C19H33ClN4OSi/c1-8-9-10-11-15(25-26(6,7)19(3,4)5)14(2)24-13-23-16-17(20)21-12-22-18(16)24/h12-15H,8-11H2,1-7H3/t14-,15-/m1/s1. The molecule has 0 radical (unpaired) electrons. The average molecular weight is 397 g/mol. The van der Waals surface area contributed by atoms with E-state index >= 15 is 0 Å². The fraction of sp³-hybridized carbons (Fsp3) is 0.737. The molecule has 2 aromatic heterocycles. The van der Waals surface area contributed by atoms with Gasteiger partial charge in [-0.3, -0.25) is 0 Å². The van der Waals surface area contributed by atoms with Gasteiger partial charge < -0.3 is 8.99 Å². The maximum Gasteiger partial charge on any atom is 0.192 e. The molecule has 0 amide bonds. The molecule has 2 aromatic rings. The van der Waals surface area contributed by atoms with Crippen molar-refractivity contribution < 1.29 is 4.43 Å². The van der Waals surface area contributed by atoms with Crippen LogP contribution in [0.3, 0.4) is 0 Å². The zero-order valence-corrected chi connectivity index (χ0v) is 19.0. The highest BCUT2D eigenvalue weighted by atomic mass is 35.5. The molecular weight excluding hydrogens is 364 g/mol. The number of rotatable bonds is 8. The average Bonchev–Trinajstić information content (AvgIpc) is 2.97. The van der Waals surface area contributed by atoms with Crippen LogP contribution in [0.4, 0.5) is 0 Å². The van der Waals surface area contributed by atoms with Gasteiger partial charge in [0.1, 0.15) is 11.8 Å². The number of halogens is 1. The van der Waals surface area contributed by atoms with E-state index in [0.717, 1.165) is 12.1 Å². The highest BCUT2D eigenvalue weighted by molar-refractivity contribution is 6.74. The maximum atomic E-state index is 6.83. The van der Waals surface area contributed by atoms with E-state index in [1.54, 1.807) is 0 Å². The molecule has 0 saturated heterocycles. The SMILES string of the molecule is CCCCC[C@@H](O[Si](C)(C)C(C)(C)C)[C@@H](C)n1cnc2c(Cl)ncnc21. The van der Waals surface area contributed by atoms with Crippen LogP contribution in [0.25, 0.3) is 11.2 Å². The summed E-state index contributed by atoms with van der Waals surface area (Å²) in [6.07, 6.45) is 8.09. The van der Waals surface area contributed by atoms with Crippen LogP contribution in [0.15, 0.2) is 12.7 Å². The quantitative estimate of drug-likeness (QED) is 0.311. The summed E-state index contributed by atoms with van der Waals surface area (Å²) in [6, 6.07) is 0.136. The highest BCUT2D eigenvalue weighted by Crippen LogP contribution is 2.39. The van der Waals surface area contributed by atoms with Crippen LogP contribution in [-0.4, -0.2) is 33.9 Å². The fourth-order valence-corrected chi connectivity index (χ4v) is 4.45. The molecule has 0 saturated carbocycles. The van der Waals surface area contributed by atoms with Crippen LogP contribution in [-0.2, 0) is 4.43 Å². The smallest absolute Gasteiger partial charge is 0.192 e. The molecule has 0 aromatic carbocycles. The molecule has 0 aliphatic rings. The Labute approximate surface area is 163 Å². The van der Waals surface area contributed by atoms with Crippen molar-refractivity contribution in [2.75, 3.05) is 0 Å². The third kappa shape index (κ3) is 4.64. The normalized spacial score (nSPS) is 15.4. The Bertz CT molecular complexity index is 726. The van der Waals surface area contributed by atoms with E-state index in [9.17, 15) is 0 Å². The Morgan fingerprint density at radius 2 is 1.88 bits per heavy atom. The lowest BCUT2D eigenvalue weighted by molar-refractivity contribution is 0.119. The first-order valence-electron chi connectivity index (χ1n) is 9.59. The van der Waals surface area contributed by atoms with E-state index in [4.69, 9.17) is 16.0 Å². The molecule has 0 bridgehead atoms. The zero-order chi connectivity index (χ0) is 19.5. The number of fused-ring (bicyclic) bond motifs is 1. The first-order chi connectivity index (χ1) is 12.1. The van der Waals surface area contributed by atoms with E-state index in [0.29, 0.717) is 10.7 Å². The molecule has 7 heteroatoms. The van der Waals surface area contributed by atoms with Crippen molar-refractivity contribution in [3.63, 3.8) is 0 Å². The Morgan fingerprint density at radius 1 is 1.19 bits per heavy atom. The maximum absolute atomic E-state index is 6.83. The van der Waals surface area contributed by atoms with Crippen molar-refractivity contribution >= 4 is 31.1 Å². The number of nitrogens with zero attached hydrogens (tertiary/aromatic N) is 4. The molecule has 0 unspecified atom stereocenters. The molecule has 146 valence electrons. The van der Waals surface area contributed by atoms with Gasteiger partial charge in [0, 0.05) is 0 Å². The van der Waals surface area contributed by atoms with Crippen molar-refractivity contribution in [2.45, 2.75) is 90.6 Å². The largest absolute Gasteiger partial charge is 0.412 e. The van der Waals surface area contributed by atoms with Crippen LogP contribution >= 0.6 is 11.6 Å². The fourth-order valence-electron chi connectivity index (χ4n) is 2.85. The second-order valence-electron chi connectivity index (χ2n) is 8.64. The molecule has 5 nitrogen and oxygen atoms in total. The van der Waals surface area contributed by atoms with Gasteiger partial charge in [-0.1, -0.05) is 58.6 Å². The highest BCUT2D eigenvalue weighted by Gasteiger charge is 2.40. The molecule has 2 atom stereocenters. The minimum atomic E-state index is -1.87. The number of aromatic nitrogens is 4. The number of hydrogen-bond acceptors (Lipinski definition) is 4. The predicted molar refractivity (Wildman–Crippen MR) is 111 cm³/mol. The van der Waals surface area contributed by atoms with E-state index in [2.05, 4.69) is 67.2 Å². The summed E-state index contributed by atoms with van der Waals surface area (Å²) in [5.74, 6) is 0. The van der Waals surface area contributed by atoms with Gasteiger partial charge in [-0.15, -0.1) is 0 Å². The van der Waals surface area contributed by atoms with Crippen molar-refractivity contribution in [3.8, 4) is 0 Å². The second kappa shape index (κ2) is 8.36. The van der Waals surface area contributed by atoms with E-state index in [1.165, 1.54) is 25.6 Å². The van der Waals surface area contributed by atoms with Crippen molar-refractivity contribution in [3.05, 3.63) is 17.8 Å². The lowest BCUT2D eigenvalue weighted by Crippen LogP contribution is -2.45. The van der Waals surface area contributed by atoms with Gasteiger partial charge in [-0.25, -0.2) is 15.0 Å². The van der Waals surface area contributed by atoms with Crippen LogP contribution < -0.4 is 0 Å². The van der Waals surface area contributed by atoms with E-state index in [1.807, 2.05) is 6.33 Å². The summed E-state index contributed by atoms with van der Waals surface area (Å²) in [5, 5.41) is 0.576. The number of unbranched alkanes of at least 4 members (excludes halogenated alkanes) is 2. The number of imidazole rings is 1. The van der Waals surface area contributed by atoms with Gasteiger partial charge >= 0.3 is 0 Å². The van der Waals surface area contributed by atoms with Crippen LogP contribution in [0.5, 0.6) is 0 Å². The first-order valence-corrected chi connectivity index (χ1v) is 12.9. The molecule has 26 heavy (non-hydrogen) atoms. The molecule has 0 N–H and O–H groups in total. The molecular formula is C19H33ClN4OSi. The van der Waals surface area contributed by atoms with Gasteiger partial charge in [0.2, 0.25) is 0 Å². The minimum absolute atomic E-state index is 0.133. The Hall–Kier alpha value is -0.983. The van der Waals surface area contributed by atoms with Crippen LogP contribution in [0, 0.1) is 0 Å². The second-order valence-corrected chi connectivity index (χ2v) is 13.8. The molecule has 0 aliphatic carbocycles.